The SMILES string of the molecule is Cc1sc2nc(Cc3cccc(C#N)c3F)cc(=O)n2c1C(=O)O. The summed E-state index contributed by atoms with van der Waals surface area (Å²) in [4.78, 5) is 28.5. The number of halogens is 1. The Labute approximate surface area is 139 Å². The number of rotatable bonds is 3. The van der Waals surface area contributed by atoms with E-state index in [1.54, 1.807) is 19.1 Å². The van der Waals surface area contributed by atoms with E-state index >= 15 is 0 Å². The maximum absolute atomic E-state index is 14.1. The number of aromatic carboxylic acids is 1. The normalized spacial score (nSPS) is 10.7. The first kappa shape index (κ1) is 15.8. The van der Waals surface area contributed by atoms with E-state index in [0.717, 1.165) is 15.7 Å². The van der Waals surface area contributed by atoms with Crippen LogP contribution >= 0.6 is 11.3 Å². The van der Waals surface area contributed by atoms with E-state index in [2.05, 4.69) is 4.98 Å². The van der Waals surface area contributed by atoms with Crippen molar-refractivity contribution in [2.75, 3.05) is 0 Å². The first-order valence-electron chi connectivity index (χ1n) is 6.85. The van der Waals surface area contributed by atoms with Crippen LogP contribution in [0.25, 0.3) is 4.96 Å². The molecule has 0 bridgehead atoms. The number of carbonyl (C=O) groups is 1. The highest BCUT2D eigenvalue weighted by atomic mass is 32.1. The zero-order valence-corrected chi connectivity index (χ0v) is 13.2. The van der Waals surface area contributed by atoms with Gasteiger partial charge in [-0.2, -0.15) is 5.26 Å². The number of benzene rings is 1. The number of fused-ring (bicyclic) bond motifs is 1. The van der Waals surface area contributed by atoms with Gasteiger partial charge in [-0.1, -0.05) is 12.1 Å². The summed E-state index contributed by atoms with van der Waals surface area (Å²) in [6.45, 7) is 1.60. The fourth-order valence-electron chi connectivity index (χ4n) is 2.46. The molecule has 3 rings (SSSR count). The minimum Gasteiger partial charge on any atom is -0.477 e. The molecule has 0 saturated carbocycles. The maximum atomic E-state index is 14.1. The van der Waals surface area contributed by atoms with E-state index in [-0.39, 0.29) is 28.2 Å². The summed E-state index contributed by atoms with van der Waals surface area (Å²) in [5.74, 6) is -1.85. The van der Waals surface area contributed by atoms with Crippen molar-refractivity contribution in [2.24, 2.45) is 0 Å². The Balaban J connectivity index is 2.12. The van der Waals surface area contributed by atoms with Gasteiger partial charge >= 0.3 is 5.97 Å². The van der Waals surface area contributed by atoms with Crippen LogP contribution in [0.2, 0.25) is 0 Å². The molecule has 0 atom stereocenters. The molecule has 0 radical (unpaired) electrons. The molecule has 0 aliphatic heterocycles. The second kappa shape index (κ2) is 5.86. The molecule has 24 heavy (non-hydrogen) atoms. The van der Waals surface area contributed by atoms with Crippen molar-refractivity contribution >= 4 is 22.3 Å². The molecule has 1 N–H and O–H groups in total. The number of aryl methyl sites for hydroxylation is 1. The summed E-state index contributed by atoms with van der Waals surface area (Å²) in [5, 5.41) is 18.1. The molecule has 0 spiro atoms. The smallest absolute Gasteiger partial charge is 0.354 e. The number of hydrogen-bond donors (Lipinski definition) is 1. The van der Waals surface area contributed by atoms with Crippen LogP contribution < -0.4 is 5.56 Å². The molecule has 1 aromatic carbocycles. The summed E-state index contributed by atoms with van der Waals surface area (Å²) < 4.78 is 15.2. The molecular weight excluding hydrogens is 333 g/mol. The molecule has 3 aromatic rings. The summed E-state index contributed by atoms with van der Waals surface area (Å²) in [7, 11) is 0. The Hall–Kier alpha value is -3.05. The fourth-order valence-corrected chi connectivity index (χ4v) is 3.44. The summed E-state index contributed by atoms with van der Waals surface area (Å²) in [6.07, 6.45) is 0.0342. The van der Waals surface area contributed by atoms with Crippen molar-refractivity contribution in [3.63, 3.8) is 0 Å². The number of aromatic nitrogens is 2. The molecule has 0 saturated heterocycles. The van der Waals surface area contributed by atoms with Crippen LogP contribution in [0.1, 0.15) is 32.2 Å². The number of carboxylic acids is 1. The molecule has 0 aliphatic rings. The minimum atomic E-state index is -1.21. The van der Waals surface area contributed by atoms with E-state index in [9.17, 15) is 19.1 Å². The van der Waals surface area contributed by atoms with Crippen molar-refractivity contribution in [2.45, 2.75) is 13.3 Å². The number of hydrogen-bond acceptors (Lipinski definition) is 5. The van der Waals surface area contributed by atoms with E-state index < -0.39 is 17.3 Å². The molecule has 0 unspecified atom stereocenters. The second-order valence-electron chi connectivity index (χ2n) is 5.08. The average molecular weight is 343 g/mol. The lowest BCUT2D eigenvalue weighted by Crippen LogP contribution is -2.19. The number of nitriles is 1. The molecular formula is C16H10FN3O3S. The molecule has 6 nitrogen and oxygen atoms in total. The van der Waals surface area contributed by atoms with Crippen LogP contribution in [0.3, 0.4) is 0 Å². The number of carboxylic acid groups (broad SMARTS) is 1. The summed E-state index contributed by atoms with van der Waals surface area (Å²) in [6, 6.07) is 7.38. The number of nitrogens with zero attached hydrogens (tertiary/aromatic N) is 3. The van der Waals surface area contributed by atoms with Gasteiger partial charge in [0, 0.05) is 17.4 Å². The molecule has 2 aromatic heterocycles. The lowest BCUT2D eigenvalue weighted by molar-refractivity contribution is 0.0688. The summed E-state index contributed by atoms with van der Waals surface area (Å²) in [5.41, 5.74) is -0.167. The Kier molecular flexibility index (Phi) is 3.87. The van der Waals surface area contributed by atoms with Gasteiger partial charge < -0.3 is 5.11 Å². The topological polar surface area (TPSA) is 95.5 Å². The van der Waals surface area contributed by atoms with Gasteiger partial charge in [-0.3, -0.25) is 4.79 Å². The van der Waals surface area contributed by atoms with Crippen molar-refractivity contribution in [1.29, 1.82) is 5.26 Å². The quantitative estimate of drug-likeness (QED) is 0.788. The molecule has 0 aliphatic carbocycles. The van der Waals surface area contributed by atoms with Crippen molar-refractivity contribution in [3.05, 3.63) is 67.8 Å². The van der Waals surface area contributed by atoms with Crippen LogP contribution in [0.4, 0.5) is 4.39 Å². The predicted molar refractivity (Wildman–Crippen MR) is 85.0 cm³/mol. The minimum absolute atomic E-state index is 0.0342. The zero-order chi connectivity index (χ0) is 17.4. The highest BCUT2D eigenvalue weighted by molar-refractivity contribution is 7.17. The van der Waals surface area contributed by atoms with Crippen LogP contribution in [-0.2, 0) is 6.42 Å². The van der Waals surface area contributed by atoms with Gasteiger partial charge in [-0.05, 0) is 18.6 Å². The molecule has 8 heteroatoms. The van der Waals surface area contributed by atoms with Gasteiger partial charge in [0.05, 0.1) is 11.3 Å². The number of thiazole rings is 1. The highest BCUT2D eigenvalue weighted by Crippen LogP contribution is 2.21. The third kappa shape index (κ3) is 2.55. The van der Waals surface area contributed by atoms with Gasteiger partial charge in [-0.25, -0.2) is 18.6 Å². The predicted octanol–water partition coefficient (Wildman–Crippen LogP) is 2.36. The van der Waals surface area contributed by atoms with Gasteiger partial charge in [0.1, 0.15) is 17.6 Å². The van der Waals surface area contributed by atoms with Crippen LogP contribution in [0.15, 0.2) is 29.1 Å². The van der Waals surface area contributed by atoms with Gasteiger partial charge in [0.2, 0.25) is 0 Å². The highest BCUT2D eigenvalue weighted by Gasteiger charge is 2.19. The van der Waals surface area contributed by atoms with Crippen LogP contribution in [-0.4, -0.2) is 20.5 Å². The van der Waals surface area contributed by atoms with Crippen LogP contribution in [0.5, 0.6) is 0 Å². The lowest BCUT2D eigenvalue weighted by atomic mass is 10.1. The molecule has 0 amide bonds. The third-order valence-corrected chi connectivity index (χ3v) is 4.47. The largest absolute Gasteiger partial charge is 0.477 e. The fraction of sp³-hybridized carbons (Fsp3) is 0.125. The van der Waals surface area contributed by atoms with Crippen molar-refractivity contribution in [1.82, 2.24) is 9.38 Å². The van der Waals surface area contributed by atoms with E-state index in [0.29, 0.717) is 10.6 Å². The van der Waals surface area contributed by atoms with Gasteiger partial charge in [-0.15, -0.1) is 11.3 Å². The molecule has 120 valence electrons. The van der Waals surface area contributed by atoms with Gasteiger partial charge in [0.15, 0.2) is 4.96 Å². The maximum Gasteiger partial charge on any atom is 0.354 e. The Morgan fingerprint density at radius 3 is 2.92 bits per heavy atom. The molecule has 2 heterocycles. The molecule has 0 fully saturated rings. The lowest BCUT2D eigenvalue weighted by Gasteiger charge is -2.04. The Morgan fingerprint density at radius 2 is 2.25 bits per heavy atom. The van der Waals surface area contributed by atoms with Crippen molar-refractivity contribution in [3.8, 4) is 6.07 Å². The monoisotopic (exact) mass is 343 g/mol. The Morgan fingerprint density at radius 1 is 1.50 bits per heavy atom. The third-order valence-electron chi connectivity index (χ3n) is 3.52. The Bertz CT molecular complexity index is 1080. The first-order valence-corrected chi connectivity index (χ1v) is 7.67. The zero-order valence-electron chi connectivity index (χ0n) is 12.4. The average Bonchev–Trinajstić information content (AvgIpc) is 2.86. The van der Waals surface area contributed by atoms with E-state index in [4.69, 9.17) is 5.26 Å². The van der Waals surface area contributed by atoms with Crippen LogP contribution in [0, 0.1) is 24.1 Å². The van der Waals surface area contributed by atoms with E-state index in [1.165, 1.54) is 18.2 Å². The summed E-state index contributed by atoms with van der Waals surface area (Å²) >= 11 is 1.08. The van der Waals surface area contributed by atoms with Crippen molar-refractivity contribution < 1.29 is 14.3 Å². The van der Waals surface area contributed by atoms with Gasteiger partial charge in [0.25, 0.3) is 5.56 Å². The second-order valence-corrected chi connectivity index (χ2v) is 6.26. The van der Waals surface area contributed by atoms with E-state index in [1.807, 2.05) is 0 Å². The first-order chi connectivity index (χ1) is 11.4. The standard InChI is InChI=1S/C16H10FN3O3S/c1-8-14(15(22)23)20-12(21)6-11(19-16(20)24-8)5-9-3-2-4-10(7-18)13(9)17/h2-4,6H,5H2,1H3,(H,22,23).